The fraction of sp³-hybridized carbons (Fsp3) is 1.00. The molecule has 0 spiro atoms. The van der Waals surface area contributed by atoms with Gasteiger partial charge in [-0.2, -0.15) is 8.42 Å². The fourth-order valence-corrected chi connectivity index (χ4v) is 1.84. The van der Waals surface area contributed by atoms with Gasteiger partial charge in [0.05, 0.1) is 6.10 Å². The molecule has 1 saturated heterocycles. The summed E-state index contributed by atoms with van der Waals surface area (Å²) >= 11 is 0. The topological polar surface area (TPSA) is 72.6 Å². The van der Waals surface area contributed by atoms with Crippen LogP contribution in [0.3, 0.4) is 0 Å². The monoisotopic (exact) mass is 194 g/mol. The molecule has 1 rings (SSSR count). The van der Waals surface area contributed by atoms with E-state index in [1.807, 2.05) is 7.05 Å². The van der Waals surface area contributed by atoms with Crippen molar-refractivity contribution >= 4 is 10.3 Å². The highest BCUT2D eigenvalue weighted by Crippen LogP contribution is 2.12. The second-order valence-electron chi connectivity index (χ2n) is 3.09. The molecule has 0 atom stereocenters. The predicted octanol–water partition coefficient (Wildman–Crippen LogP) is -0.699. The first-order chi connectivity index (χ1) is 5.47. The molecule has 0 aromatic heterocycles. The summed E-state index contributed by atoms with van der Waals surface area (Å²) in [4.78, 5) is 2.13. The standard InChI is InChI=1S/C6H14N2O3S/c1-8-4-2-6(3-5-8)11-12(7,9)10/h6H,2-5H2,1H3,(H2,7,9,10). The highest BCUT2D eigenvalue weighted by Gasteiger charge is 2.20. The minimum Gasteiger partial charge on any atom is -0.306 e. The summed E-state index contributed by atoms with van der Waals surface area (Å²) in [5.74, 6) is 0. The minimum absolute atomic E-state index is 0.226. The van der Waals surface area contributed by atoms with Gasteiger partial charge in [0.1, 0.15) is 0 Å². The SMILES string of the molecule is CN1CCC(OS(N)(=O)=O)CC1. The third-order valence-electron chi connectivity index (χ3n) is 1.94. The largest absolute Gasteiger partial charge is 0.333 e. The summed E-state index contributed by atoms with van der Waals surface area (Å²) in [7, 11) is -1.77. The van der Waals surface area contributed by atoms with E-state index >= 15 is 0 Å². The van der Waals surface area contributed by atoms with Crippen molar-refractivity contribution in [3.63, 3.8) is 0 Å². The van der Waals surface area contributed by atoms with Gasteiger partial charge in [-0.1, -0.05) is 0 Å². The van der Waals surface area contributed by atoms with Crippen LogP contribution in [0.25, 0.3) is 0 Å². The molecule has 1 aliphatic rings. The Bertz CT molecular complexity index is 231. The van der Waals surface area contributed by atoms with E-state index in [2.05, 4.69) is 9.08 Å². The second kappa shape index (κ2) is 3.69. The van der Waals surface area contributed by atoms with Gasteiger partial charge in [-0.05, 0) is 19.9 Å². The molecule has 0 radical (unpaired) electrons. The first kappa shape index (κ1) is 9.91. The molecule has 5 nitrogen and oxygen atoms in total. The van der Waals surface area contributed by atoms with Crippen molar-refractivity contribution in [3.8, 4) is 0 Å². The Kier molecular flexibility index (Phi) is 3.05. The van der Waals surface area contributed by atoms with Crippen LogP contribution in [0.2, 0.25) is 0 Å². The number of piperidine rings is 1. The highest BCUT2D eigenvalue weighted by molar-refractivity contribution is 7.84. The van der Waals surface area contributed by atoms with Crippen molar-refractivity contribution in [2.24, 2.45) is 5.14 Å². The third kappa shape index (κ3) is 3.48. The van der Waals surface area contributed by atoms with Gasteiger partial charge in [0.25, 0.3) is 0 Å². The Morgan fingerprint density at radius 2 is 1.92 bits per heavy atom. The zero-order valence-electron chi connectivity index (χ0n) is 7.06. The Balaban J connectivity index is 2.36. The van der Waals surface area contributed by atoms with Gasteiger partial charge < -0.3 is 4.90 Å². The minimum atomic E-state index is -3.76. The number of nitrogens with two attached hydrogens (primary N) is 1. The van der Waals surface area contributed by atoms with Crippen LogP contribution in [-0.2, 0) is 14.5 Å². The van der Waals surface area contributed by atoms with Gasteiger partial charge in [0.2, 0.25) is 0 Å². The number of likely N-dealkylation sites (tertiary alicyclic amines) is 1. The van der Waals surface area contributed by atoms with E-state index < -0.39 is 10.3 Å². The quantitative estimate of drug-likeness (QED) is 0.631. The van der Waals surface area contributed by atoms with Crippen molar-refractivity contribution < 1.29 is 12.6 Å². The molecule has 0 aliphatic carbocycles. The van der Waals surface area contributed by atoms with E-state index in [4.69, 9.17) is 5.14 Å². The molecule has 6 heteroatoms. The summed E-state index contributed by atoms with van der Waals surface area (Å²) in [6, 6.07) is 0. The van der Waals surface area contributed by atoms with E-state index in [0.717, 1.165) is 25.9 Å². The molecule has 0 aromatic carbocycles. The summed E-state index contributed by atoms with van der Waals surface area (Å²) in [5.41, 5.74) is 0. The molecule has 1 aliphatic heterocycles. The van der Waals surface area contributed by atoms with Gasteiger partial charge in [-0.25, -0.2) is 5.14 Å². The predicted molar refractivity (Wildman–Crippen MR) is 44.7 cm³/mol. The van der Waals surface area contributed by atoms with Crippen LogP contribution in [0.4, 0.5) is 0 Å². The van der Waals surface area contributed by atoms with Gasteiger partial charge in [0, 0.05) is 13.1 Å². The van der Waals surface area contributed by atoms with E-state index in [1.165, 1.54) is 0 Å². The third-order valence-corrected chi connectivity index (χ3v) is 2.48. The van der Waals surface area contributed by atoms with Gasteiger partial charge in [-0.15, -0.1) is 0 Å². The normalized spacial score (nSPS) is 22.8. The number of hydrogen-bond acceptors (Lipinski definition) is 4. The van der Waals surface area contributed by atoms with Crippen LogP contribution in [-0.4, -0.2) is 39.6 Å². The maximum atomic E-state index is 10.5. The lowest BCUT2D eigenvalue weighted by atomic mass is 10.1. The first-order valence-corrected chi connectivity index (χ1v) is 5.34. The molecule has 1 heterocycles. The molecular formula is C6H14N2O3S. The Hall–Kier alpha value is -0.170. The Labute approximate surface area is 72.7 Å². The van der Waals surface area contributed by atoms with Crippen LogP contribution in [0, 0.1) is 0 Å². The van der Waals surface area contributed by atoms with Crippen molar-refractivity contribution in [2.75, 3.05) is 20.1 Å². The van der Waals surface area contributed by atoms with Crippen molar-refractivity contribution in [1.82, 2.24) is 4.90 Å². The van der Waals surface area contributed by atoms with E-state index in [0.29, 0.717) is 0 Å². The summed E-state index contributed by atoms with van der Waals surface area (Å²) in [6.45, 7) is 1.72. The summed E-state index contributed by atoms with van der Waals surface area (Å²) in [5, 5.41) is 4.74. The number of hydrogen-bond donors (Lipinski definition) is 1. The average molecular weight is 194 g/mol. The van der Waals surface area contributed by atoms with Crippen molar-refractivity contribution in [2.45, 2.75) is 18.9 Å². The second-order valence-corrected chi connectivity index (χ2v) is 4.27. The zero-order valence-corrected chi connectivity index (χ0v) is 7.88. The van der Waals surface area contributed by atoms with Crippen LogP contribution in [0.15, 0.2) is 0 Å². The van der Waals surface area contributed by atoms with E-state index in [-0.39, 0.29) is 6.10 Å². The van der Waals surface area contributed by atoms with Crippen molar-refractivity contribution in [1.29, 1.82) is 0 Å². The van der Waals surface area contributed by atoms with Gasteiger partial charge in [-0.3, -0.25) is 4.18 Å². The lowest BCUT2D eigenvalue weighted by Crippen LogP contribution is -2.36. The molecule has 0 aromatic rings. The molecule has 72 valence electrons. The molecule has 12 heavy (non-hydrogen) atoms. The Morgan fingerprint density at radius 1 is 1.42 bits per heavy atom. The Morgan fingerprint density at radius 3 is 2.33 bits per heavy atom. The van der Waals surface area contributed by atoms with E-state index in [9.17, 15) is 8.42 Å². The molecule has 0 bridgehead atoms. The molecule has 2 N–H and O–H groups in total. The molecule has 1 fully saturated rings. The zero-order chi connectivity index (χ0) is 9.19. The smallest absolute Gasteiger partial charge is 0.306 e. The fourth-order valence-electron chi connectivity index (χ4n) is 1.27. The summed E-state index contributed by atoms with van der Waals surface area (Å²) < 4.78 is 25.7. The van der Waals surface area contributed by atoms with E-state index in [1.54, 1.807) is 0 Å². The van der Waals surface area contributed by atoms with Gasteiger partial charge in [0.15, 0.2) is 0 Å². The maximum absolute atomic E-state index is 10.5. The lowest BCUT2D eigenvalue weighted by Gasteiger charge is -2.27. The molecule has 0 saturated carbocycles. The maximum Gasteiger partial charge on any atom is 0.333 e. The lowest BCUT2D eigenvalue weighted by molar-refractivity contribution is 0.120. The number of rotatable bonds is 2. The van der Waals surface area contributed by atoms with Crippen LogP contribution >= 0.6 is 0 Å². The molecular weight excluding hydrogens is 180 g/mol. The summed E-state index contributed by atoms with van der Waals surface area (Å²) in [6.07, 6.45) is 1.23. The van der Waals surface area contributed by atoms with Crippen LogP contribution in [0.5, 0.6) is 0 Å². The number of nitrogens with zero attached hydrogens (tertiary/aromatic N) is 1. The van der Waals surface area contributed by atoms with Gasteiger partial charge >= 0.3 is 10.3 Å². The van der Waals surface area contributed by atoms with Crippen LogP contribution in [0.1, 0.15) is 12.8 Å². The average Bonchev–Trinajstić information content (AvgIpc) is 1.91. The first-order valence-electron chi connectivity index (χ1n) is 3.87. The molecule has 0 unspecified atom stereocenters. The highest BCUT2D eigenvalue weighted by atomic mass is 32.2. The van der Waals surface area contributed by atoms with Crippen molar-refractivity contribution in [3.05, 3.63) is 0 Å². The molecule has 0 amide bonds. The van der Waals surface area contributed by atoms with Crippen LogP contribution < -0.4 is 5.14 Å².